The minimum absolute atomic E-state index is 0.0134. The molecule has 82 valence electrons. The van der Waals surface area contributed by atoms with Gasteiger partial charge in [0.2, 0.25) is 5.76 Å². The van der Waals surface area contributed by atoms with Gasteiger partial charge in [0.05, 0.1) is 5.69 Å². The van der Waals surface area contributed by atoms with Gasteiger partial charge >= 0.3 is 5.97 Å². The Morgan fingerprint density at radius 3 is 3.00 bits per heavy atom. The summed E-state index contributed by atoms with van der Waals surface area (Å²) < 4.78 is 5.29. The lowest BCUT2D eigenvalue weighted by Crippen LogP contribution is -2.08. The van der Waals surface area contributed by atoms with E-state index >= 15 is 0 Å². The molecule has 0 radical (unpaired) electrons. The molecule has 1 aromatic heterocycles. The van der Waals surface area contributed by atoms with Gasteiger partial charge in [-0.2, -0.15) is 11.8 Å². The molecule has 1 fully saturated rings. The van der Waals surface area contributed by atoms with Crippen molar-refractivity contribution in [1.82, 2.24) is 4.98 Å². The Hall–Kier alpha value is -0.970. The van der Waals surface area contributed by atoms with E-state index in [1.54, 1.807) is 6.92 Å². The third kappa shape index (κ3) is 2.17. The van der Waals surface area contributed by atoms with Gasteiger partial charge in [0.25, 0.3) is 0 Å². The second-order valence-electron chi connectivity index (χ2n) is 3.69. The zero-order valence-corrected chi connectivity index (χ0v) is 9.34. The van der Waals surface area contributed by atoms with Crippen LogP contribution in [0.2, 0.25) is 0 Å². The van der Waals surface area contributed by atoms with Gasteiger partial charge in [-0.1, -0.05) is 0 Å². The number of nitrogens with zero attached hydrogens (tertiary/aromatic N) is 1. The molecule has 4 nitrogen and oxygen atoms in total. The molecule has 0 spiro atoms. The molecule has 2 rings (SSSR count). The minimum Gasteiger partial charge on any atom is -0.475 e. The number of carboxylic acid groups (broad SMARTS) is 1. The summed E-state index contributed by atoms with van der Waals surface area (Å²) in [6.07, 6.45) is 2.20. The summed E-state index contributed by atoms with van der Waals surface area (Å²) in [6.45, 7) is 1.67. The Kier molecular flexibility index (Phi) is 3.00. The lowest BCUT2D eigenvalue weighted by Gasteiger charge is -2.17. The van der Waals surface area contributed by atoms with Crippen LogP contribution in [0.15, 0.2) is 4.42 Å². The van der Waals surface area contributed by atoms with Crippen molar-refractivity contribution >= 4 is 17.7 Å². The van der Waals surface area contributed by atoms with Gasteiger partial charge in [-0.3, -0.25) is 0 Å². The van der Waals surface area contributed by atoms with E-state index in [1.165, 1.54) is 5.75 Å². The van der Waals surface area contributed by atoms with Crippen LogP contribution < -0.4 is 0 Å². The number of rotatable bonds is 2. The predicted octanol–water partition coefficient (Wildman–Crippen LogP) is 2.29. The van der Waals surface area contributed by atoms with Crippen molar-refractivity contribution in [2.24, 2.45) is 0 Å². The SMILES string of the molecule is Cc1nc(C2CCCSC2)oc1C(=O)O. The van der Waals surface area contributed by atoms with Gasteiger partial charge in [0.15, 0.2) is 5.89 Å². The predicted molar refractivity (Wildman–Crippen MR) is 57.5 cm³/mol. The molecule has 1 N–H and O–H groups in total. The largest absolute Gasteiger partial charge is 0.475 e. The fourth-order valence-corrected chi connectivity index (χ4v) is 2.86. The van der Waals surface area contributed by atoms with Crippen molar-refractivity contribution in [1.29, 1.82) is 0 Å². The third-order valence-corrected chi connectivity index (χ3v) is 3.73. The molecule has 0 amide bonds. The molecule has 1 atom stereocenters. The molecular formula is C10H13NO3S. The zero-order valence-electron chi connectivity index (χ0n) is 8.52. The average Bonchev–Trinajstić information content (AvgIpc) is 2.62. The number of carboxylic acids is 1. The highest BCUT2D eigenvalue weighted by Crippen LogP contribution is 2.31. The number of aromatic carboxylic acids is 1. The first-order valence-corrected chi connectivity index (χ1v) is 6.12. The normalized spacial score (nSPS) is 21.5. The summed E-state index contributed by atoms with van der Waals surface area (Å²) in [4.78, 5) is 15.0. The summed E-state index contributed by atoms with van der Waals surface area (Å²) in [6, 6.07) is 0. The second-order valence-corrected chi connectivity index (χ2v) is 4.84. The maximum Gasteiger partial charge on any atom is 0.373 e. The Bertz CT molecular complexity index is 369. The fraction of sp³-hybridized carbons (Fsp3) is 0.600. The van der Waals surface area contributed by atoms with Crippen LogP contribution in [0, 0.1) is 6.92 Å². The van der Waals surface area contributed by atoms with Crippen LogP contribution in [0.5, 0.6) is 0 Å². The number of thioether (sulfide) groups is 1. The van der Waals surface area contributed by atoms with Gasteiger partial charge in [0.1, 0.15) is 0 Å². The zero-order chi connectivity index (χ0) is 10.8. The van der Waals surface area contributed by atoms with Crippen molar-refractivity contribution in [2.45, 2.75) is 25.7 Å². The molecule has 5 heteroatoms. The highest BCUT2D eigenvalue weighted by atomic mass is 32.2. The summed E-state index contributed by atoms with van der Waals surface area (Å²) in [7, 11) is 0. The van der Waals surface area contributed by atoms with Crippen LogP contribution in [0.4, 0.5) is 0 Å². The van der Waals surface area contributed by atoms with Gasteiger partial charge < -0.3 is 9.52 Å². The van der Waals surface area contributed by atoms with Gasteiger partial charge in [-0.25, -0.2) is 9.78 Å². The number of aromatic nitrogens is 1. The lowest BCUT2D eigenvalue weighted by atomic mass is 10.1. The van der Waals surface area contributed by atoms with E-state index in [1.807, 2.05) is 11.8 Å². The Morgan fingerprint density at radius 1 is 1.67 bits per heavy atom. The van der Waals surface area contributed by atoms with Crippen LogP contribution in [-0.2, 0) is 0 Å². The molecule has 1 aromatic rings. The Balaban J connectivity index is 2.21. The highest BCUT2D eigenvalue weighted by molar-refractivity contribution is 7.99. The Morgan fingerprint density at radius 2 is 2.47 bits per heavy atom. The van der Waals surface area contributed by atoms with Crippen LogP contribution in [0.1, 0.15) is 40.9 Å². The average molecular weight is 227 g/mol. The number of hydrogen-bond acceptors (Lipinski definition) is 4. The maximum atomic E-state index is 10.8. The van der Waals surface area contributed by atoms with E-state index in [0.29, 0.717) is 11.6 Å². The van der Waals surface area contributed by atoms with Crippen molar-refractivity contribution in [3.63, 3.8) is 0 Å². The fourth-order valence-electron chi connectivity index (χ4n) is 1.73. The number of hydrogen-bond donors (Lipinski definition) is 1. The molecule has 15 heavy (non-hydrogen) atoms. The van der Waals surface area contributed by atoms with Gasteiger partial charge in [-0.15, -0.1) is 0 Å². The summed E-state index contributed by atoms with van der Waals surface area (Å²) in [5.41, 5.74) is 0.480. The highest BCUT2D eigenvalue weighted by Gasteiger charge is 2.24. The maximum absolute atomic E-state index is 10.8. The number of aryl methyl sites for hydroxylation is 1. The first-order valence-electron chi connectivity index (χ1n) is 4.97. The molecule has 2 heterocycles. The lowest BCUT2D eigenvalue weighted by molar-refractivity contribution is 0.0658. The van der Waals surface area contributed by atoms with E-state index in [0.717, 1.165) is 18.6 Å². The minimum atomic E-state index is -1.03. The monoisotopic (exact) mass is 227 g/mol. The molecule has 0 aliphatic carbocycles. The molecule has 1 aliphatic heterocycles. The summed E-state index contributed by atoms with van der Waals surface area (Å²) in [5.74, 6) is 2.00. The molecular weight excluding hydrogens is 214 g/mol. The van der Waals surface area contributed by atoms with Crippen LogP contribution in [-0.4, -0.2) is 27.6 Å². The van der Waals surface area contributed by atoms with Crippen LogP contribution in [0.3, 0.4) is 0 Å². The molecule has 0 saturated carbocycles. The van der Waals surface area contributed by atoms with E-state index in [2.05, 4.69) is 4.98 Å². The number of carbonyl (C=O) groups is 1. The quantitative estimate of drug-likeness (QED) is 0.839. The summed E-state index contributed by atoms with van der Waals surface area (Å²) >= 11 is 1.87. The molecule has 1 aliphatic rings. The van der Waals surface area contributed by atoms with E-state index in [4.69, 9.17) is 9.52 Å². The molecule has 0 aromatic carbocycles. The van der Waals surface area contributed by atoms with Crippen molar-refractivity contribution < 1.29 is 14.3 Å². The van der Waals surface area contributed by atoms with Crippen molar-refractivity contribution in [3.8, 4) is 0 Å². The smallest absolute Gasteiger partial charge is 0.373 e. The van der Waals surface area contributed by atoms with Crippen LogP contribution >= 0.6 is 11.8 Å². The molecule has 1 unspecified atom stereocenters. The third-order valence-electron chi connectivity index (χ3n) is 2.52. The number of oxazole rings is 1. The first kappa shape index (κ1) is 10.5. The van der Waals surface area contributed by atoms with Crippen LogP contribution in [0.25, 0.3) is 0 Å². The van der Waals surface area contributed by atoms with Gasteiger partial charge in [-0.05, 0) is 25.5 Å². The van der Waals surface area contributed by atoms with E-state index in [9.17, 15) is 4.79 Å². The second kappa shape index (κ2) is 4.26. The van der Waals surface area contributed by atoms with E-state index < -0.39 is 5.97 Å². The van der Waals surface area contributed by atoms with E-state index in [-0.39, 0.29) is 11.7 Å². The van der Waals surface area contributed by atoms with Crippen molar-refractivity contribution in [2.75, 3.05) is 11.5 Å². The Labute approximate surface area is 92.1 Å². The van der Waals surface area contributed by atoms with Gasteiger partial charge in [0, 0.05) is 11.7 Å². The molecule has 0 bridgehead atoms. The van der Waals surface area contributed by atoms with Crippen molar-refractivity contribution in [3.05, 3.63) is 17.3 Å². The first-order chi connectivity index (χ1) is 7.18. The summed E-state index contributed by atoms with van der Waals surface area (Å²) in [5, 5.41) is 8.84. The topological polar surface area (TPSA) is 63.3 Å². The standard InChI is InChI=1S/C10H13NO3S/c1-6-8(10(12)13)14-9(11-6)7-3-2-4-15-5-7/h7H,2-5H2,1H3,(H,12,13). The molecule has 1 saturated heterocycles.